The van der Waals surface area contributed by atoms with E-state index < -0.39 is 5.97 Å². The third kappa shape index (κ3) is 6.57. The molecule has 0 amide bonds. The molecule has 2 aliphatic rings. The Bertz CT molecular complexity index is 1590. The molecule has 4 heterocycles. The summed E-state index contributed by atoms with van der Waals surface area (Å²) in [7, 11) is 0. The van der Waals surface area contributed by atoms with Gasteiger partial charge in [-0.15, -0.1) is 0 Å². The fourth-order valence-corrected chi connectivity index (χ4v) is 6.47. The Labute approximate surface area is 255 Å². The van der Waals surface area contributed by atoms with Crippen LogP contribution in [-0.4, -0.2) is 56.3 Å². The van der Waals surface area contributed by atoms with E-state index in [2.05, 4.69) is 33.5 Å². The summed E-state index contributed by atoms with van der Waals surface area (Å²) in [6, 6.07) is 15.0. The minimum atomic E-state index is -0.923. The molecule has 2 atom stereocenters. The zero-order valence-electron chi connectivity index (χ0n) is 23.5. The van der Waals surface area contributed by atoms with Gasteiger partial charge in [0, 0.05) is 29.7 Å². The lowest BCUT2D eigenvalue weighted by molar-refractivity contribution is -0.0395. The van der Waals surface area contributed by atoms with Gasteiger partial charge in [0.2, 0.25) is 0 Å². The van der Waals surface area contributed by atoms with Gasteiger partial charge in [-0.3, -0.25) is 9.88 Å². The van der Waals surface area contributed by atoms with Gasteiger partial charge in [0.1, 0.15) is 18.2 Å². The number of ether oxygens (including phenoxy) is 2. The first-order valence-electron chi connectivity index (χ1n) is 14.4. The van der Waals surface area contributed by atoms with Crippen molar-refractivity contribution in [3.05, 3.63) is 87.4 Å². The topological polar surface area (TPSA) is 89.7 Å². The van der Waals surface area contributed by atoms with Crippen molar-refractivity contribution in [3.63, 3.8) is 0 Å². The van der Waals surface area contributed by atoms with E-state index in [9.17, 15) is 9.90 Å². The van der Waals surface area contributed by atoms with Crippen molar-refractivity contribution < 1.29 is 19.4 Å². The summed E-state index contributed by atoms with van der Waals surface area (Å²) in [5.41, 5.74) is 4.14. The molecule has 2 aromatic heterocycles. The van der Waals surface area contributed by atoms with Crippen molar-refractivity contribution in [1.82, 2.24) is 19.4 Å². The molecule has 0 radical (unpaired) electrons. The lowest BCUT2D eigenvalue weighted by Crippen LogP contribution is -2.41. The molecule has 10 heteroatoms. The van der Waals surface area contributed by atoms with Crippen molar-refractivity contribution >= 4 is 40.2 Å². The molecule has 2 fully saturated rings. The van der Waals surface area contributed by atoms with Crippen LogP contribution in [0.3, 0.4) is 0 Å². The first-order chi connectivity index (χ1) is 20.3. The lowest BCUT2D eigenvalue weighted by Gasteiger charge is -2.38. The van der Waals surface area contributed by atoms with Crippen molar-refractivity contribution in [2.24, 2.45) is 11.8 Å². The molecule has 2 aromatic carbocycles. The van der Waals surface area contributed by atoms with Crippen LogP contribution in [0.25, 0.3) is 11.0 Å². The number of carboxylic acid groups (broad SMARTS) is 1. The van der Waals surface area contributed by atoms with E-state index in [1.807, 2.05) is 12.3 Å². The molecule has 0 saturated carbocycles. The standard InChI is InChI=1S/C32H34Cl2N4O4/c1-20-10-22(11-21-6-8-35-26(12-21)19-42-30-5-3-25(33)14-27(30)34)7-9-37(20)16-31-36-28-4-2-24(32(39)40)13-29(28)38(31)15-23-17-41-18-23/h2-6,8,12-14,20,22-23H,7,9-11,15-19H2,1H3,(H,39,40)/t20-,22-/m0/s1. The summed E-state index contributed by atoms with van der Waals surface area (Å²) in [6.45, 7) is 6.61. The predicted octanol–water partition coefficient (Wildman–Crippen LogP) is 6.50. The first kappa shape index (κ1) is 28.9. The smallest absolute Gasteiger partial charge is 0.335 e. The SMILES string of the molecule is C[C@H]1C[C@@H](Cc2ccnc(COc3ccc(Cl)cc3Cl)c2)CCN1Cc1nc2ccc(C(=O)O)cc2n1CC1COC1. The number of carbonyl (C=O) groups is 1. The van der Waals surface area contributed by atoms with Gasteiger partial charge < -0.3 is 19.1 Å². The number of aromatic nitrogens is 3. The first-order valence-corrected chi connectivity index (χ1v) is 15.1. The molecule has 2 saturated heterocycles. The Hall–Kier alpha value is -3.17. The minimum absolute atomic E-state index is 0.286. The van der Waals surface area contributed by atoms with Gasteiger partial charge in [0.15, 0.2) is 0 Å². The molecule has 220 valence electrons. The van der Waals surface area contributed by atoms with Crippen molar-refractivity contribution in [3.8, 4) is 5.75 Å². The van der Waals surface area contributed by atoms with Gasteiger partial charge in [-0.2, -0.15) is 0 Å². The highest BCUT2D eigenvalue weighted by Gasteiger charge is 2.28. The zero-order chi connectivity index (χ0) is 29.2. The average molecular weight is 610 g/mol. The number of rotatable bonds is 10. The van der Waals surface area contributed by atoms with E-state index in [0.717, 1.165) is 74.7 Å². The Morgan fingerprint density at radius 3 is 2.71 bits per heavy atom. The number of carboxylic acids is 1. The molecule has 6 rings (SSSR count). The fourth-order valence-electron chi connectivity index (χ4n) is 6.01. The molecular formula is C32H34Cl2N4O4. The quantitative estimate of drug-likeness (QED) is 0.219. The fraction of sp³-hybridized carbons (Fsp3) is 0.406. The van der Waals surface area contributed by atoms with Gasteiger partial charge in [-0.25, -0.2) is 9.78 Å². The highest BCUT2D eigenvalue weighted by Crippen LogP contribution is 2.30. The van der Waals surface area contributed by atoms with Gasteiger partial charge in [-0.1, -0.05) is 23.2 Å². The van der Waals surface area contributed by atoms with Crippen LogP contribution in [0.2, 0.25) is 10.0 Å². The van der Waals surface area contributed by atoms with E-state index >= 15 is 0 Å². The third-order valence-corrected chi connectivity index (χ3v) is 8.89. The van der Waals surface area contributed by atoms with Crippen molar-refractivity contribution in [2.45, 2.75) is 51.9 Å². The number of piperidine rings is 1. The molecule has 4 aromatic rings. The molecule has 0 unspecified atom stereocenters. The number of fused-ring (bicyclic) bond motifs is 1. The number of nitrogens with zero attached hydrogens (tertiary/aromatic N) is 4. The van der Waals surface area contributed by atoms with Crippen molar-refractivity contribution in [1.29, 1.82) is 0 Å². The highest BCUT2D eigenvalue weighted by molar-refractivity contribution is 6.35. The average Bonchev–Trinajstić information content (AvgIpc) is 3.28. The van der Waals surface area contributed by atoms with E-state index in [4.69, 9.17) is 37.7 Å². The van der Waals surface area contributed by atoms with Crippen LogP contribution in [0.15, 0.2) is 54.7 Å². The summed E-state index contributed by atoms with van der Waals surface area (Å²) in [5.74, 6) is 1.66. The maximum absolute atomic E-state index is 11.6. The molecule has 8 nitrogen and oxygen atoms in total. The largest absolute Gasteiger partial charge is 0.486 e. The van der Waals surface area contributed by atoms with Crippen LogP contribution >= 0.6 is 23.2 Å². The Balaban J connectivity index is 1.09. The summed E-state index contributed by atoms with van der Waals surface area (Å²) in [6.07, 6.45) is 5.03. The zero-order valence-corrected chi connectivity index (χ0v) is 25.0. The predicted molar refractivity (Wildman–Crippen MR) is 162 cm³/mol. The molecular weight excluding hydrogens is 575 g/mol. The number of aromatic carboxylic acids is 1. The molecule has 1 N–H and O–H groups in total. The Morgan fingerprint density at radius 2 is 1.98 bits per heavy atom. The number of likely N-dealkylation sites (tertiary alicyclic amines) is 1. The normalized spacial score (nSPS) is 19.6. The van der Waals surface area contributed by atoms with Crippen LogP contribution in [0.4, 0.5) is 0 Å². The van der Waals surface area contributed by atoms with Gasteiger partial charge in [0.05, 0.1) is 47.1 Å². The summed E-state index contributed by atoms with van der Waals surface area (Å²) in [4.78, 5) is 23.6. The van der Waals surface area contributed by atoms with Crippen LogP contribution in [0, 0.1) is 11.8 Å². The number of benzene rings is 2. The minimum Gasteiger partial charge on any atom is -0.486 e. The van der Waals surface area contributed by atoms with Crippen LogP contribution in [0.1, 0.15) is 47.2 Å². The van der Waals surface area contributed by atoms with Crippen LogP contribution < -0.4 is 4.74 Å². The van der Waals surface area contributed by atoms with Gasteiger partial charge in [0.25, 0.3) is 0 Å². The second kappa shape index (κ2) is 12.6. The van der Waals surface area contributed by atoms with Crippen molar-refractivity contribution in [2.75, 3.05) is 19.8 Å². The van der Waals surface area contributed by atoms with Crippen LogP contribution in [-0.2, 0) is 30.9 Å². The van der Waals surface area contributed by atoms with Gasteiger partial charge >= 0.3 is 5.97 Å². The molecule has 2 aliphatic heterocycles. The number of hydrogen-bond donors (Lipinski definition) is 1. The van der Waals surface area contributed by atoms with E-state index in [1.165, 1.54) is 5.56 Å². The summed E-state index contributed by atoms with van der Waals surface area (Å²) >= 11 is 12.2. The Kier molecular flexibility index (Phi) is 8.67. The van der Waals surface area contributed by atoms with E-state index in [1.54, 1.807) is 30.3 Å². The third-order valence-electron chi connectivity index (χ3n) is 8.36. The second-order valence-electron chi connectivity index (χ2n) is 11.5. The number of halogens is 2. The maximum atomic E-state index is 11.6. The second-order valence-corrected chi connectivity index (χ2v) is 12.3. The van der Waals surface area contributed by atoms with Gasteiger partial charge in [-0.05, 0) is 92.7 Å². The lowest BCUT2D eigenvalue weighted by atomic mass is 9.86. The van der Waals surface area contributed by atoms with E-state index in [0.29, 0.717) is 40.3 Å². The monoisotopic (exact) mass is 608 g/mol. The maximum Gasteiger partial charge on any atom is 0.335 e. The van der Waals surface area contributed by atoms with E-state index in [-0.39, 0.29) is 5.56 Å². The summed E-state index contributed by atoms with van der Waals surface area (Å²) in [5, 5.41) is 10.6. The molecule has 0 aliphatic carbocycles. The number of hydrogen-bond acceptors (Lipinski definition) is 6. The molecule has 42 heavy (non-hydrogen) atoms. The number of imidazole rings is 1. The highest BCUT2D eigenvalue weighted by atomic mass is 35.5. The molecule has 0 bridgehead atoms. The number of pyridine rings is 1. The summed E-state index contributed by atoms with van der Waals surface area (Å²) < 4.78 is 13.5. The molecule has 0 spiro atoms. The van der Waals surface area contributed by atoms with Crippen LogP contribution in [0.5, 0.6) is 5.75 Å². The Morgan fingerprint density at radius 1 is 1.12 bits per heavy atom.